The van der Waals surface area contributed by atoms with Gasteiger partial charge in [-0.25, -0.2) is 9.59 Å². The summed E-state index contributed by atoms with van der Waals surface area (Å²) >= 11 is 0. The predicted octanol–water partition coefficient (Wildman–Crippen LogP) is -0.177. The number of amides is 2. The van der Waals surface area contributed by atoms with Gasteiger partial charge in [0.05, 0.1) is 19.8 Å². The molecule has 2 amide bonds. The van der Waals surface area contributed by atoms with Crippen LogP contribution < -0.4 is 5.32 Å². The van der Waals surface area contributed by atoms with Gasteiger partial charge in [-0.1, -0.05) is 0 Å². The molecule has 8 heteroatoms. The van der Waals surface area contributed by atoms with Crippen molar-refractivity contribution in [2.75, 3.05) is 27.4 Å². The van der Waals surface area contributed by atoms with Crippen LogP contribution >= 0.6 is 0 Å². The lowest BCUT2D eigenvalue weighted by Crippen LogP contribution is -2.50. The second-order valence-electron chi connectivity index (χ2n) is 4.58. The number of carbonyl (C=O) groups excluding carboxylic acids is 2. The molecule has 114 valence electrons. The van der Waals surface area contributed by atoms with Gasteiger partial charge in [-0.15, -0.1) is 0 Å². The van der Waals surface area contributed by atoms with E-state index in [-0.39, 0.29) is 18.9 Å². The summed E-state index contributed by atoms with van der Waals surface area (Å²) in [5.74, 6) is -1.69. The van der Waals surface area contributed by atoms with Gasteiger partial charge in [0.25, 0.3) is 0 Å². The molecule has 1 fully saturated rings. The van der Waals surface area contributed by atoms with E-state index in [1.54, 1.807) is 7.05 Å². The lowest BCUT2D eigenvalue weighted by atomic mass is 10.1. The average Bonchev–Trinajstić information content (AvgIpc) is 2.95. The van der Waals surface area contributed by atoms with E-state index >= 15 is 0 Å². The molecule has 0 saturated carbocycles. The molecule has 0 spiro atoms. The second kappa shape index (κ2) is 7.68. The Kier molecular flexibility index (Phi) is 6.23. The lowest BCUT2D eigenvalue weighted by molar-refractivity contribution is -0.142. The standard InChI is InChI=1S/C12H20N2O6/c1-14(8-5-6-20-7-8)12(18)13-9(11(16)17)3-4-10(15)19-2/h8-9H,3-7H2,1-2H3,(H,13,18)(H,16,17)/t8?,9-/m1/s1. The summed E-state index contributed by atoms with van der Waals surface area (Å²) < 4.78 is 9.62. The number of urea groups is 1. The lowest BCUT2D eigenvalue weighted by Gasteiger charge is -2.25. The molecule has 0 radical (unpaired) electrons. The molecule has 2 N–H and O–H groups in total. The molecule has 0 aromatic heterocycles. The number of rotatable bonds is 6. The predicted molar refractivity (Wildman–Crippen MR) is 68.2 cm³/mol. The minimum atomic E-state index is -1.18. The van der Waals surface area contributed by atoms with Gasteiger partial charge in [-0.3, -0.25) is 4.79 Å². The van der Waals surface area contributed by atoms with Crippen LogP contribution in [0.1, 0.15) is 19.3 Å². The number of aliphatic carboxylic acids is 1. The van der Waals surface area contributed by atoms with Gasteiger partial charge in [0.15, 0.2) is 0 Å². The summed E-state index contributed by atoms with van der Waals surface area (Å²) in [5.41, 5.74) is 0. The van der Waals surface area contributed by atoms with Crippen molar-refractivity contribution in [3.05, 3.63) is 0 Å². The molecule has 1 rings (SSSR count). The highest BCUT2D eigenvalue weighted by molar-refractivity contribution is 5.83. The Bertz CT molecular complexity index is 367. The fourth-order valence-corrected chi connectivity index (χ4v) is 1.87. The van der Waals surface area contributed by atoms with Gasteiger partial charge in [-0.2, -0.15) is 0 Å². The highest BCUT2D eigenvalue weighted by Gasteiger charge is 2.27. The maximum absolute atomic E-state index is 11.9. The number of esters is 1. The number of methoxy groups -OCH3 is 1. The Hall–Kier alpha value is -1.83. The van der Waals surface area contributed by atoms with Crippen LogP contribution in [-0.2, 0) is 19.1 Å². The number of carbonyl (C=O) groups is 3. The highest BCUT2D eigenvalue weighted by atomic mass is 16.5. The third-order valence-electron chi connectivity index (χ3n) is 3.23. The van der Waals surface area contributed by atoms with E-state index in [9.17, 15) is 14.4 Å². The van der Waals surface area contributed by atoms with Crippen molar-refractivity contribution >= 4 is 18.0 Å². The smallest absolute Gasteiger partial charge is 0.326 e. The summed E-state index contributed by atoms with van der Waals surface area (Å²) in [7, 11) is 2.82. The quantitative estimate of drug-likeness (QED) is 0.657. The Morgan fingerprint density at radius 2 is 2.20 bits per heavy atom. The molecule has 1 aliphatic rings. The summed E-state index contributed by atoms with van der Waals surface area (Å²) in [5, 5.41) is 11.4. The first-order valence-electron chi connectivity index (χ1n) is 6.36. The van der Waals surface area contributed by atoms with Crippen LogP contribution in [-0.4, -0.2) is 67.4 Å². The molecule has 8 nitrogen and oxygen atoms in total. The van der Waals surface area contributed by atoms with Crippen LogP contribution in [0.15, 0.2) is 0 Å². The zero-order valence-corrected chi connectivity index (χ0v) is 11.6. The first-order valence-corrected chi connectivity index (χ1v) is 6.36. The minimum absolute atomic E-state index is 0.0112. The topological polar surface area (TPSA) is 105 Å². The molecule has 1 aliphatic heterocycles. The number of hydrogen-bond donors (Lipinski definition) is 2. The van der Waals surface area contributed by atoms with Crippen LogP contribution in [0.2, 0.25) is 0 Å². The fraction of sp³-hybridized carbons (Fsp3) is 0.750. The number of nitrogens with one attached hydrogen (secondary N) is 1. The molecular weight excluding hydrogens is 268 g/mol. The average molecular weight is 288 g/mol. The van der Waals surface area contributed by atoms with E-state index in [1.807, 2.05) is 0 Å². The van der Waals surface area contributed by atoms with Gasteiger partial charge >= 0.3 is 18.0 Å². The van der Waals surface area contributed by atoms with Crippen molar-refractivity contribution in [1.82, 2.24) is 10.2 Å². The first kappa shape index (κ1) is 16.2. The van der Waals surface area contributed by atoms with Crippen LogP contribution in [0.4, 0.5) is 4.79 Å². The Morgan fingerprint density at radius 3 is 2.70 bits per heavy atom. The Balaban J connectivity index is 2.49. The van der Waals surface area contributed by atoms with E-state index in [4.69, 9.17) is 9.84 Å². The number of nitrogens with zero attached hydrogens (tertiary/aromatic N) is 1. The molecule has 0 aromatic rings. The van der Waals surface area contributed by atoms with Gasteiger partial charge in [0.1, 0.15) is 6.04 Å². The van der Waals surface area contributed by atoms with E-state index in [2.05, 4.69) is 10.1 Å². The van der Waals surface area contributed by atoms with Crippen molar-refractivity contribution in [2.45, 2.75) is 31.3 Å². The summed E-state index contributed by atoms with van der Waals surface area (Å²) in [6.07, 6.45) is 0.649. The first-order chi connectivity index (χ1) is 9.45. The maximum Gasteiger partial charge on any atom is 0.326 e. The third kappa shape index (κ3) is 4.69. The molecule has 1 heterocycles. The SMILES string of the molecule is COC(=O)CC[C@@H](NC(=O)N(C)C1CCOC1)C(=O)O. The highest BCUT2D eigenvalue weighted by Crippen LogP contribution is 2.11. The Morgan fingerprint density at radius 1 is 1.50 bits per heavy atom. The van der Waals surface area contributed by atoms with Crippen molar-refractivity contribution < 1.29 is 29.0 Å². The molecule has 0 aromatic carbocycles. The normalized spacial score (nSPS) is 19.2. The number of carboxylic acids is 1. The van der Waals surface area contributed by atoms with Crippen LogP contribution in [0, 0.1) is 0 Å². The van der Waals surface area contributed by atoms with Gasteiger partial charge in [0, 0.05) is 20.1 Å². The molecule has 1 saturated heterocycles. The molecule has 0 bridgehead atoms. The van der Waals surface area contributed by atoms with Crippen LogP contribution in [0.3, 0.4) is 0 Å². The maximum atomic E-state index is 11.9. The molecule has 0 aliphatic carbocycles. The summed E-state index contributed by atoms with van der Waals surface area (Å²) in [4.78, 5) is 35.5. The van der Waals surface area contributed by atoms with E-state index in [0.29, 0.717) is 13.2 Å². The van der Waals surface area contributed by atoms with Crippen molar-refractivity contribution in [2.24, 2.45) is 0 Å². The second-order valence-corrected chi connectivity index (χ2v) is 4.58. The molecule has 1 unspecified atom stereocenters. The van der Waals surface area contributed by atoms with E-state index in [1.165, 1.54) is 12.0 Å². The minimum Gasteiger partial charge on any atom is -0.480 e. The molecule has 20 heavy (non-hydrogen) atoms. The monoisotopic (exact) mass is 288 g/mol. The fourth-order valence-electron chi connectivity index (χ4n) is 1.87. The molecule has 2 atom stereocenters. The zero-order valence-electron chi connectivity index (χ0n) is 11.6. The third-order valence-corrected chi connectivity index (χ3v) is 3.23. The van der Waals surface area contributed by atoms with Crippen LogP contribution in [0.25, 0.3) is 0 Å². The van der Waals surface area contributed by atoms with Crippen molar-refractivity contribution in [3.63, 3.8) is 0 Å². The van der Waals surface area contributed by atoms with Crippen molar-refractivity contribution in [3.8, 4) is 0 Å². The zero-order chi connectivity index (χ0) is 15.1. The van der Waals surface area contributed by atoms with Gasteiger partial charge in [-0.05, 0) is 12.8 Å². The number of hydrogen-bond acceptors (Lipinski definition) is 5. The molecular formula is C12H20N2O6. The van der Waals surface area contributed by atoms with E-state index in [0.717, 1.165) is 6.42 Å². The van der Waals surface area contributed by atoms with Gasteiger partial charge < -0.3 is 24.8 Å². The van der Waals surface area contributed by atoms with Gasteiger partial charge in [0.2, 0.25) is 0 Å². The van der Waals surface area contributed by atoms with E-state index < -0.39 is 24.0 Å². The number of likely N-dealkylation sites (N-methyl/N-ethyl adjacent to an activating group) is 1. The van der Waals surface area contributed by atoms with Crippen molar-refractivity contribution in [1.29, 1.82) is 0 Å². The Labute approximate surface area is 117 Å². The summed E-state index contributed by atoms with van der Waals surface area (Å²) in [6.45, 7) is 1.04. The van der Waals surface area contributed by atoms with Crippen LogP contribution in [0.5, 0.6) is 0 Å². The largest absolute Gasteiger partial charge is 0.480 e. The number of carboxylic acid groups (broad SMARTS) is 1. The summed E-state index contributed by atoms with van der Waals surface area (Å²) in [6, 6.07) is -1.66. The number of ether oxygens (including phenoxy) is 2.